The first-order valence-electron chi connectivity index (χ1n) is 10.1. The van der Waals surface area contributed by atoms with E-state index in [4.69, 9.17) is 4.74 Å². The lowest BCUT2D eigenvalue weighted by Crippen LogP contribution is -2.45. The molecular formula is C23H29N3O3. The predicted molar refractivity (Wildman–Crippen MR) is 111 cm³/mol. The highest BCUT2D eigenvalue weighted by molar-refractivity contribution is 5.95. The minimum Gasteiger partial charge on any atom is -0.384 e. The van der Waals surface area contributed by atoms with Crippen LogP contribution in [0.3, 0.4) is 0 Å². The number of aromatic nitrogens is 1. The number of pyridine rings is 1. The van der Waals surface area contributed by atoms with Crippen LogP contribution >= 0.6 is 0 Å². The van der Waals surface area contributed by atoms with Crippen molar-refractivity contribution in [2.75, 3.05) is 26.8 Å². The van der Waals surface area contributed by atoms with Crippen molar-refractivity contribution in [3.05, 3.63) is 65.5 Å². The standard InChI is InChI=1S/C23H29N3O3/c1-17-8-3-4-10-19(17)23(28)25-22(20-11-5-6-13-24-20)18-9-7-14-26(16-18)21(27)12-15-29-2/h3-6,8,10-11,13,18,22H,7,9,12,14-16H2,1-2H3,(H,25,28)/t18-,22-/m1/s1. The number of benzene rings is 1. The minimum atomic E-state index is -0.249. The van der Waals surface area contributed by atoms with E-state index in [0.29, 0.717) is 25.1 Å². The molecule has 1 aromatic heterocycles. The lowest BCUT2D eigenvalue weighted by atomic mass is 9.88. The van der Waals surface area contributed by atoms with Crippen molar-refractivity contribution in [3.8, 4) is 0 Å². The van der Waals surface area contributed by atoms with Gasteiger partial charge in [0.2, 0.25) is 5.91 Å². The van der Waals surface area contributed by atoms with Gasteiger partial charge in [0.25, 0.3) is 5.91 Å². The first-order valence-corrected chi connectivity index (χ1v) is 10.1. The summed E-state index contributed by atoms with van der Waals surface area (Å²) in [6, 6.07) is 13.0. The van der Waals surface area contributed by atoms with E-state index in [1.54, 1.807) is 13.3 Å². The lowest BCUT2D eigenvalue weighted by Gasteiger charge is -2.37. The largest absolute Gasteiger partial charge is 0.384 e. The molecule has 0 aliphatic carbocycles. The Hall–Kier alpha value is -2.73. The molecule has 0 bridgehead atoms. The molecule has 0 saturated carbocycles. The summed E-state index contributed by atoms with van der Waals surface area (Å²) in [5.41, 5.74) is 2.42. The zero-order valence-corrected chi connectivity index (χ0v) is 17.1. The third-order valence-corrected chi connectivity index (χ3v) is 5.48. The van der Waals surface area contributed by atoms with Crippen molar-refractivity contribution in [1.82, 2.24) is 15.2 Å². The second kappa shape index (κ2) is 10.2. The van der Waals surface area contributed by atoms with E-state index in [9.17, 15) is 9.59 Å². The molecule has 1 aromatic carbocycles. The van der Waals surface area contributed by atoms with Gasteiger partial charge in [-0.25, -0.2) is 0 Å². The van der Waals surface area contributed by atoms with Crippen LogP contribution in [0.15, 0.2) is 48.7 Å². The number of rotatable bonds is 7. The minimum absolute atomic E-state index is 0.0987. The Morgan fingerprint density at radius 3 is 2.76 bits per heavy atom. The van der Waals surface area contributed by atoms with Crippen molar-refractivity contribution in [2.45, 2.75) is 32.2 Å². The fraction of sp³-hybridized carbons (Fsp3) is 0.435. The summed E-state index contributed by atoms with van der Waals surface area (Å²) in [6.07, 6.45) is 3.97. The van der Waals surface area contributed by atoms with E-state index < -0.39 is 0 Å². The number of piperidine rings is 1. The van der Waals surface area contributed by atoms with E-state index >= 15 is 0 Å². The molecule has 6 heteroatoms. The first kappa shape index (κ1) is 21.0. The number of ether oxygens (including phenoxy) is 1. The monoisotopic (exact) mass is 395 g/mol. The second-order valence-electron chi connectivity index (χ2n) is 7.51. The third-order valence-electron chi connectivity index (χ3n) is 5.48. The molecule has 29 heavy (non-hydrogen) atoms. The maximum absolute atomic E-state index is 13.0. The summed E-state index contributed by atoms with van der Waals surface area (Å²) in [6.45, 7) is 3.72. The van der Waals surface area contributed by atoms with Crippen LogP contribution in [-0.4, -0.2) is 48.5 Å². The van der Waals surface area contributed by atoms with Crippen LogP contribution in [0.25, 0.3) is 0 Å². The molecule has 1 aliphatic heterocycles. The van der Waals surface area contributed by atoms with Crippen LogP contribution < -0.4 is 5.32 Å². The zero-order valence-electron chi connectivity index (χ0n) is 17.1. The van der Waals surface area contributed by atoms with Crippen molar-refractivity contribution in [1.29, 1.82) is 0 Å². The molecule has 2 atom stereocenters. The molecule has 2 aromatic rings. The number of carbonyl (C=O) groups is 2. The number of aryl methyl sites for hydroxylation is 1. The zero-order chi connectivity index (χ0) is 20.6. The average molecular weight is 396 g/mol. The van der Waals surface area contributed by atoms with Gasteiger partial charge in [-0.1, -0.05) is 24.3 Å². The van der Waals surface area contributed by atoms with Gasteiger partial charge in [-0.3, -0.25) is 14.6 Å². The Bertz CT molecular complexity index is 825. The third kappa shape index (κ3) is 5.41. The maximum atomic E-state index is 13.0. The van der Waals surface area contributed by atoms with E-state index in [-0.39, 0.29) is 23.8 Å². The number of likely N-dealkylation sites (tertiary alicyclic amines) is 1. The van der Waals surface area contributed by atoms with Crippen LogP contribution in [0.4, 0.5) is 0 Å². The number of hydrogen-bond donors (Lipinski definition) is 1. The Labute approximate surface area is 172 Å². The van der Waals surface area contributed by atoms with E-state index in [2.05, 4.69) is 10.3 Å². The van der Waals surface area contributed by atoms with Gasteiger partial charge in [-0.05, 0) is 43.5 Å². The summed E-state index contributed by atoms with van der Waals surface area (Å²) >= 11 is 0. The Balaban J connectivity index is 1.80. The SMILES string of the molecule is COCCC(=O)N1CCC[C@@H]([C@@H](NC(=O)c2ccccc2C)c2ccccn2)C1. The predicted octanol–water partition coefficient (Wildman–Crippen LogP) is 3.14. The normalized spacial score (nSPS) is 17.6. The van der Waals surface area contributed by atoms with Gasteiger partial charge in [0.1, 0.15) is 0 Å². The van der Waals surface area contributed by atoms with Crippen molar-refractivity contribution in [3.63, 3.8) is 0 Å². The molecule has 154 valence electrons. The van der Waals surface area contributed by atoms with Crippen LogP contribution in [-0.2, 0) is 9.53 Å². The first-order chi connectivity index (χ1) is 14.1. The van der Waals surface area contributed by atoms with E-state index in [1.807, 2.05) is 54.3 Å². The van der Waals surface area contributed by atoms with Gasteiger partial charge in [-0.15, -0.1) is 0 Å². The molecule has 1 fully saturated rings. The number of hydrogen-bond acceptors (Lipinski definition) is 4. The second-order valence-corrected chi connectivity index (χ2v) is 7.51. The van der Waals surface area contributed by atoms with Gasteiger partial charge in [0.15, 0.2) is 0 Å². The molecule has 0 spiro atoms. The fourth-order valence-corrected chi connectivity index (χ4v) is 3.90. The fourth-order valence-electron chi connectivity index (χ4n) is 3.90. The number of nitrogens with one attached hydrogen (secondary N) is 1. The smallest absolute Gasteiger partial charge is 0.252 e. The van der Waals surface area contributed by atoms with Crippen LogP contribution in [0.5, 0.6) is 0 Å². The molecule has 0 unspecified atom stereocenters. The highest BCUT2D eigenvalue weighted by Gasteiger charge is 2.32. The molecule has 0 radical (unpaired) electrons. The highest BCUT2D eigenvalue weighted by atomic mass is 16.5. The Kier molecular flexibility index (Phi) is 7.36. The Morgan fingerprint density at radius 2 is 2.03 bits per heavy atom. The molecule has 6 nitrogen and oxygen atoms in total. The number of methoxy groups -OCH3 is 1. The quantitative estimate of drug-likeness (QED) is 0.782. The molecule has 2 heterocycles. The van der Waals surface area contributed by atoms with Crippen LogP contribution in [0.1, 0.15) is 46.9 Å². The summed E-state index contributed by atoms with van der Waals surface area (Å²) in [7, 11) is 1.60. The highest BCUT2D eigenvalue weighted by Crippen LogP contribution is 2.30. The summed E-state index contributed by atoms with van der Waals surface area (Å²) in [5.74, 6) is 0.0984. The van der Waals surface area contributed by atoms with Crippen LogP contribution in [0.2, 0.25) is 0 Å². The van der Waals surface area contributed by atoms with E-state index in [1.165, 1.54) is 0 Å². The summed E-state index contributed by atoms with van der Waals surface area (Å²) < 4.78 is 5.05. The number of carbonyl (C=O) groups excluding carboxylic acids is 2. The summed E-state index contributed by atoms with van der Waals surface area (Å²) in [5, 5.41) is 3.20. The molecule has 2 amide bonds. The van der Waals surface area contributed by atoms with E-state index in [0.717, 1.165) is 30.6 Å². The van der Waals surface area contributed by atoms with Crippen molar-refractivity contribution in [2.24, 2.45) is 5.92 Å². The van der Waals surface area contributed by atoms with Gasteiger partial charge < -0.3 is 15.0 Å². The Morgan fingerprint density at radius 1 is 1.24 bits per heavy atom. The molecule has 1 saturated heterocycles. The maximum Gasteiger partial charge on any atom is 0.252 e. The van der Waals surface area contributed by atoms with Gasteiger partial charge in [0, 0.05) is 37.9 Å². The molecule has 1 aliphatic rings. The topological polar surface area (TPSA) is 71.5 Å². The van der Waals surface area contributed by atoms with Gasteiger partial charge in [-0.2, -0.15) is 0 Å². The van der Waals surface area contributed by atoms with Gasteiger partial charge in [0.05, 0.1) is 24.8 Å². The lowest BCUT2D eigenvalue weighted by molar-refractivity contribution is -0.134. The van der Waals surface area contributed by atoms with Gasteiger partial charge >= 0.3 is 0 Å². The molecular weight excluding hydrogens is 366 g/mol. The van der Waals surface area contributed by atoms with Crippen molar-refractivity contribution < 1.29 is 14.3 Å². The number of nitrogens with zero attached hydrogens (tertiary/aromatic N) is 2. The molecule has 3 rings (SSSR count). The summed E-state index contributed by atoms with van der Waals surface area (Å²) in [4.78, 5) is 31.9. The van der Waals surface area contributed by atoms with Crippen molar-refractivity contribution >= 4 is 11.8 Å². The number of amides is 2. The van der Waals surface area contributed by atoms with Crippen LogP contribution in [0, 0.1) is 12.8 Å². The average Bonchev–Trinajstić information content (AvgIpc) is 2.76. The molecule has 1 N–H and O–H groups in total.